The SMILES string of the molecule is O=C(O)c1ccc(N2[C@@H]3CC[C@H]2C[C@@H](OC(=O)c2c(-c4c(Cl)cccc4Cl)noc2C2CC2)C3)c(C(F)(F)F)c1. The summed E-state index contributed by atoms with van der Waals surface area (Å²) in [4.78, 5) is 26.6. The fraction of sp³-hybridized carbons (Fsp3) is 0.393. The number of fused-ring (bicyclic) bond motifs is 2. The molecule has 12 heteroatoms. The van der Waals surface area contributed by atoms with Crippen LogP contribution in [-0.4, -0.2) is 40.4 Å². The van der Waals surface area contributed by atoms with Gasteiger partial charge < -0.3 is 19.3 Å². The quantitative estimate of drug-likeness (QED) is 0.294. The standard InChI is InChI=1S/C28H23Cl2F3N2O5/c29-19-2-1-3-20(30)22(19)24-23(25(40-34-24)13-4-5-13)27(38)39-17-11-15-7-8-16(12-17)35(15)21-9-6-14(26(36)37)10-18(21)28(31,32)33/h1-3,6,9-10,13,15-17H,4-5,7-8,11-12H2,(H,36,37)/t15-,16+,17+. The van der Waals surface area contributed by atoms with Crippen molar-refractivity contribution < 1.29 is 37.1 Å². The fourth-order valence-corrected chi connectivity index (χ4v) is 6.54. The predicted octanol–water partition coefficient (Wildman–Crippen LogP) is 7.60. The first-order valence-electron chi connectivity index (χ1n) is 12.9. The number of ether oxygens (including phenoxy) is 1. The van der Waals surface area contributed by atoms with Gasteiger partial charge in [-0.2, -0.15) is 13.2 Å². The average Bonchev–Trinajstić information content (AvgIpc) is 3.58. The van der Waals surface area contributed by atoms with Crippen LogP contribution in [-0.2, 0) is 10.9 Å². The minimum Gasteiger partial charge on any atom is -0.478 e. The van der Waals surface area contributed by atoms with Gasteiger partial charge in [-0.3, -0.25) is 0 Å². The molecule has 6 rings (SSSR count). The summed E-state index contributed by atoms with van der Waals surface area (Å²) in [6, 6.07) is 7.41. The maximum absolute atomic E-state index is 13.9. The Balaban J connectivity index is 1.26. The summed E-state index contributed by atoms with van der Waals surface area (Å²) < 4.78 is 53.4. The molecule has 3 aromatic rings. The molecule has 0 spiro atoms. The minimum absolute atomic E-state index is 0.0395. The van der Waals surface area contributed by atoms with E-state index in [2.05, 4.69) is 5.16 Å². The molecule has 2 aliphatic heterocycles. The van der Waals surface area contributed by atoms with Gasteiger partial charge in [0.1, 0.15) is 17.4 Å². The zero-order valence-electron chi connectivity index (χ0n) is 20.9. The molecule has 0 radical (unpaired) electrons. The van der Waals surface area contributed by atoms with E-state index in [-0.39, 0.29) is 34.9 Å². The van der Waals surface area contributed by atoms with E-state index in [0.29, 0.717) is 53.1 Å². The highest BCUT2D eigenvalue weighted by Gasteiger charge is 2.46. The first-order chi connectivity index (χ1) is 19.0. The lowest BCUT2D eigenvalue weighted by molar-refractivity contribution is -0.137. The molecule has 40 heavy (non-hydrogen) atoms. The molecule has 3 heterocycles. The second-order valence-electron chi connectivity index (χ2n) is 10.5. The van der Waals surface area contributed by atoms with Gasteiger partial charge >= 0.3 is 18.1 Å². The van der Waals surface area contributed by atoms with Crippen LogP contribution in [0.1, 0.15) is 76.5 Å². The third-order valence-corrected chi connectivity index (χ3v) is 8.49. The Kier molecular flexibility index (Phi) is 6.73. The smallest absolute Gasteiger partial charge is 0.418 e. The molecule has 3 fully saturated rings. The molecule has 3 atom stereocenters. The summed E-state index contributed by atoms with van der Waals surface area (Å²) in [5.74, 6) is -1.60. The van der Waals surface area contributed by atoms with Gasteiger partial charge in [-0.1, -0.05) is 34.4 Å². The highest BCUT2D eigenvalue weighted by molar-refractivity contribution is 6.39. The number of aromatic nitrogens is 1. The second-order valence-corrected chi connectivity index (χ2v) is 11.3. The molecule has 210 valence electrons. The molecular formula is C28H23Cl2F3N2O5. The van der Waals surface area contributed by atoms with Crippen molar-refractivity contribution in [2.75, 3.05) is 4.90 Å². The van der Waals surface area contributed by atoms with Gasteiger partial charge in [0.2, 0.25) is 0 Å². The van der Waals surface area contributed by atoms with Crippen LogP contribution in [0, 0.1) is 0 Å². The number of carboxylic acid groups (broad SMARTS) is 1. The molecule has 2 aromatic carbocycles. The molecule has 0 amide bonds. The summed E-state index contributed by atoms with van der Waals surface area (Å²) in [7, 11) is 0. The maximum atomic E-state index is 13.9. The lowest BCUT2D eigenvalue weighted by Gasteiger charge is -2.41. The number of nitrogens with zero attached hydrogens (tertiary/aromatic N) is 2. The second kappa shape index (κ2) is 9.99. The normalized spacial score (nSPS) is 22.4. The van der Waals surface area contributed by atoms with Crippen molar-refractivity contribution in [1.82, 2.24) is 5.16 Å². The third-order valence-electron chi connectivity index (χ3n) is 7.86. The number of benzene rings is 2. The van der Waals surface area contributed by atoms with Crippen LogP contribution in [0.15, 0.2) is 40.9 Å². The number of hydrogen-bond acceptors (Lipinski definition) is 6. The van der Waals surface area contributed by atoms with E-state index in [9.17, 15) is 27.9 Å². The van der Waals surface area contributed by atoms with Crippen LogP contribution in [0.4, 0.5) is 18.9 Å². The Morgan fingerprint density at radius 3 is 2.25 bits per heavy atom. The largest absolute Gasteiger partial charge is 0.478 e. The lowest BCUT2D eigenvalue weighted by Crippen LogP contribution is -2.46. The van der Waals surface area contributed by atoms with Crippen LogP contribution < -0.4 is 4.90 Å². The van der Waals surface area contributed by atoms with E-state index >= 15 is 0 Å². The molecule has 1 aliphatic carbocycles. The molecule has 3 aliphatic rings. The zero-order valence-corrected chi connectivity index (χ0v) is 22.4. The topological polar surface area (TPSA) is 92.9 Å². The molecule has 0 unspecified atom stereocenters. The van der Waals surface area contributed by atoms with Crippen molar-refractivity contribution in [2.24, 2.45) is 0 Å². The van der Waals surface area contributed by atoms with E-state index in [4.69, 9.17) is 32.5 Å². The van der Waals surface area contributed by atoms with Gasteiger partial charge in [0.15, 0.2) is 5.76 Å². The van der Waals surface area contributed by atoms with Gasteiger partial charge in [0.05, 0.1) is 21.2 Å². The Hall–Kier alpha value is -3.24. The highest BCUT2D eigenvalue weighted by Crippen LogP contribution is 2.48. The van der Waals surface area contributed by atoms with Gasteiger partial charge in [-0.15, -0.1) is 0 Å². The van der Waals surface area contributed by atoms with E-state index in [1.165, 1.54) is 12.1 Å². The Bertz CT molecular complexity index is 1470. The summed E-state index contributed by atoms with van der Waals surface area (Å²) in [6.45, 7) is 0. The maximum Gasteiger partial charge on any atom is 0.418 e. The van der Waals surface area contributed by atoms with Crippen molar-refractivity contribution >= 4 is 40.8 Å². The monoisotopic (exact) mass is 594 g/mol. The van der Waals surface area contributed by atoms with Crippen LogP contribution in [0.2, 0.25) is 10.0 Å². The van der Waals surface area contributed by atoms with Gasteiger partial charge in [-0.25, -0.2) is 9.59 Å². The number of carbonyl (C=O) groups excluding carboxylic acids is 1. The van der Waals surface area contributed by atoms with Crippen molar-refractivity contribution in [3.8, 4) is 11.3 Å². The van der Waals surface area contributed by atoms with Crippen molar-refractivity contribution in [2.45, 2.75) is 68.8 Å². The van der Waals surface area contributed by atoms with Crippen molar-refractivity contribution in [3.05, 3.63) is 68.9 Å². The number of carboxylic acids is 1. The summed E-state index contributed by atoms with van der Waals surface area (Å²) >= 11 is 12.8. The minimum atomic E-state index is -4.73. The number of alkyl halides is 3. The van der Waals surface area contributed by atoms with E-state index in [1.54, 1.807) is 23.1 Å². The van der Waals surface area contributed by atoms with Gasteiger partial charge in [0, 0.05) is 42.1 Å². The van der Waals surface area contributed by atoms with E-state index in [1.807, 2.05) is 0 Å². The Morgan fingerprint density at radius 2 is 1.68 bits per heavy atom. The molecule has 1 aromatic heterocycles. The molecule has 2 saturated heterocycles. The van der Waals surface area contributed by atoms with Gasteiger partial charge in [-0.05, 0) is 56.0 Å². The van der Waals surface area contributed by atoms with Crippen LogP contribution in [0.25, 0.3) is 11.3 Å². The number of halogens is 5. The lowest BCUT2D eigenvalue weighted by atomic mass is 9.96. The number of aromatic carboxylic acids is 1. The highest BCUT2D eigenvalue weighted by atomic mass is 35.5. The van der Waals surface area contributed by atoms with Crippen molar-refractivity contribution in [3.63, 3.8) is 0 Å². The summed E-state index contributed by atoms with van der Waals surface area (Å²) in [6.07, 6.45) is -1.68. The van der Waals surface area contributed by atoms with E-state index < -0.39 is 35.3 Å². The average molecular weight is 595 g/mol. The third kappa shape index (κ3) is 4.81. The Morgan fingerprint density at radius 1 is 1.02 bits per heavy atom. The van der Waals surface area contributed by atoms with Crippen LogP contribution in [0.5, 0.6) is 0 Å². The molecule has 2 bridgehead atoms. The molecular weight excluding hydrogens is 572 g/mol. The number of hydrogen-bond donors (Lipinski definition) is 1. The first-order valence-corrected chi connectivity index (χ1v) is 13.7. The van der Waals surface area contributed by atoms with Gasteiger partial charge in [0.25, 0.3) is 0 Å². The zero-order chi connectivity index (χ0) is 28.3. The van der Waals surface area contributed by atoms with Crippen LogP contribution >= 0.6 is 23.2 Å². The molecule has 1 N–H and O–H groups in total. The number of piperidine rings is 1. The number of anilines is 1. The number of rotatable bonds is 6. The fourth-order valence-electron chi connectivity index (χ4n) is 5.97. The summed E-state index contributed by atoms with van der Waals surface area (Å²) in [5.41, 5.74) is -0.721. The number of esters is 1. The summed E-state index contributed by atoms with van der Waals surface area (Å²) in [5, 5.41) is 14.0. The van der Waals surface area contributed by atoms with Crippen LogP contribution in [0.3, 0.4) is 0 Å². The first kappa shape index (κ1) is 27.0. The predicted molar refractivity (Wildman–Crippen MR) is 140 cm³/mol. The molecule has 1 saturated carbocycles. The Labute approximate surface area is 236 Å². The van der Waals surface area contributed by atoms with E-state index in [0.717, 1.165) is 12.8 Å². The van der Waals surface area contributed by atoms with Crippen molar-refractivity contribution in [1.29, 1.82) is 0 Å². The number of carbonyl (C=O) groups is 2. The molecule has 7 nitrogen and oxygen atoms in total.